The smallest absolute Gasteiger partial charge is 0.339 e. The molecule has 0 fully saturated rings. The molecular formula is C15H12Cl2O4. The molecule has 0 aromatic heterocycles. The number of ether oxygens (including phenoxy) is 2. The molecule has 2 aromatic carbocycles. The van der Waals surface area contributed by atoms with Crippen molar-refractivity contribution in [2.24, 2.45) is 0 Å². The first-order valence-electron chi connectivity index (χ1n) is 5.99. The van der Waals surface area contributed by atoms with E-state index in [1.54, 1.807) is 30.3 Å². The number of rotatable bonds is 5. The summed E-state index contributed by atoms with van der Waals surface area (Å²) in [4.78, 5) is 11.1. The number of carboxylic acid groups (broad SMARTS) is 1. The van der Waals surface area contributed by atoms with E-state index in [0.29, 0.717) is 27.1 Å². The fraction of sp³-hybridized carbons (Fsp3) is 0.133. The van der Waals surface area contributed by atoms with Gasteiger partial charge in [0, 0.05) is 5.02 Å². The predicted molar refractivity (Wildman–Crippen MR) is 80.7 cm³/mol. The number of hydrogen-bond acceptors (Lipinski definition) is 3. The molecule has 0 amide bonds. The Balaban J connectivity index is 2.16. The maximum atomic E-state index is 11.1. The standard InChI is InChI=1S/C15H12Cl2O4/c1-20-13-4-2-9(6-11(13)15(18)19)8-21-14-5-3-10(16)7-12(14)17/h2-7H,8H2,1H3,(H,18,19). The van der Waals surface area contributed by atoms with Gasteiger partial charge in [0.1, 0.15) is 23.7 Å². The van der Waals surface area contributed by atoms with Crippen molar-refractivity contribution in [1.29, 1.82) is 0 Å². The Kier molecular flexibility index (Phi) is 4.94. The van der Waals surface area contributed by atoms with Crippen molar-refractivity contribution in [2.45, 2.75) is 6.61 Å². The van der Waals surface area contributed by atoms with Gasteiger partial charge < -0.3 is 14.6 Å². The van der Waals surface area contributed by atoms with Crippen LogP contribution >= 0.6 is 23.2 Å². The van der Waals surface area contributed by atoms with Crippen molar-refractivity contribution in [3.8, 4) is 11.5 Å². The van der Waals surface area contributed by atoms with E-state index in [1.807, 2.05) is 0 Å². The Labute approximate surface area is 131 Å². The Bertz CT molecular complexity index is 671. The molecule has 21 heavy (non-hydrogen) atoms. The molecule has 0 bridgehead atoms. The predicted octanol–water partition coefficient (Wildman–Crippen LogP) is 4.28. The maximum absolute atomic E-state index is 11.1. The summed E-state index contributed by atoms with van der Waals surface area (Å²) in [7, 11) is 1.42. The minimum Gasteiger partial charge on any atom is -0.496 e. The lowest BCUT2D eigenvalue weighted by Crippen LogP contribution is -2.03. The van der Waals surface area contributed by atoms with Crippen molar-refractivity contribution in [3.05, 3.63) is 57.6 Å². The summed E-state index contributed by atoms with van der Waals surface area (Å²) in [6.45, 7) is 0.186. The molecule has 4 nitrogen and oxygen atoms in total. The van der Waals surface area contributed by atoms with Crippen molar-refractivity contribution in [3.63, 3.8) is 0 Å². The summed E-state index contributed by atoms with van der Waals surface area (Å²) < 4.78 is 10.6. The number of halogens is 2. The van der Waals surface area contributed by atoms with E-state index in [1.165, 1.54) is 13.2 Å². The Morgan fingerprint density at radius 2 is 1.86 bits per heavy atom. The van der Waals surface area contributed by atoms with Gasteiger partial charge in [-0.05, 0) is 35.9 Å². The molecule has 0 heterocycles. The van der Waals surface area contributed by atoms with E-state index in [4.69, 9.17) is 37.8 Å². The number of carbonyl (C=O) groups is 1. The van der Waals surface area contributed by atoms with E-state index in [-0.39, 0.29) is 12.2 Å². The van der Waals surface area contributed by atoms with Gasteiger partial charge in [0.05, 0.1) is 12.1 Å². The van der Waals surface area contributed by atoms with Crippen LogP contribution in [0, 0.1) is 0 Å². The molecule has 0 unspecified atom stereocenters. The van der Waals surface area contributed by atoms with Crippen LogP contribution < -0.4 is 9.47 Å². The van der Waals surface area contributed by atoms with Gasteiger partial charge >= 0.3 is 5.97 Å². The lowest BCUT2D eigenvalue weighted by atomic mass is 10.1. The molecule has 0 saturated carbocycles. The van der Waals surface area contributed by atoms with Crippen LogP contribution in [-0.4, -0.2) is 18.2 Å². The molecule has 0 spiro atoms. The number of hydrogen-bond donors (Lipinski definition) is 1. The Morgan fingerprint density at radius 1 is 1.14 bits per heavy atom. The highest BCUT2D eigenvalue weighted by Gasteiger charge is 2.12. The first-order valence-corrected chi connectivity index (χ1v) is 6.75. The third-order valence-electron chi connectivity index (χ3n) is 2.78. The first kappa shape index (κ1) is 15.5. The van der Waals surface area contributed by atoms with E-state index in [0.717, 1.165) is 0 Å². The summed E-state index contributed by atoms with van der Waals surface area (Å²) in [5.74, 6) is -0.275. The van der Waals surface area contributed by atoms with Crippen LogP contribution in [0.15, 0.2) is 36.4 Å². The highest BCUT2D eigenvalue weighted by molar-refractivity contribution is 6.35. The van der Waals surface area contributed by atoms with Gasteiger partial charge in [0.25, 0.3) is 0 Å². The second-order valence-electron chi connectivity index (χ2n) is 4.20. The Morgan fingerprint density at radius 3 is 2.48 bits per heavy atom. The van der Waals surface area contributed by atoms with Crippen molar-refractivity contribution >= 4 is 29.2 Å². The normalized spacial score (nSPS) is 10.2. The van der Waals surface area contributed by atoms with Crippen LogP contribution in [0.1, 0.15) is 15.9 Å². The molecule has 0 aliphatic heterocycles. The molecule has 0 atom stereocenters. The minimum atomic E-state index is -1.06. The van der Waals surface area contributed by atoms with Gasteiger partial charge in [-0.1, -0.05) is 29.3 Å². The van der Waals surface area contributed by atoms with Crippen molar-refractivity contribution in [2.75, 3.05) is 7.11 Å². The summed E-state index contributed by atoms with van der Waals surface area (Å²) in [5.41, 5.74) is 0.778. The highest BCUT2D eigenvalue weighted by Crippen LogP contribution is 2.28. The fourth-order valence-electron chi connectivity index (χ4n) is 1.77. The fourth-order valence-corrected chi connectivity index (χ4v) is 2.23. The topological polar surface area (TPSA) is 55.8 Å². The third kappa shape index (κ3) is 3.80. The van der Waals surface area contributed by atoms with Gasteiger partial charge in [-0.2, -0.15) is 0 Å². The molecule has 0 saturated heterocycles. The van der Waals surface area contributed by atoms with Gasteiger partial charge in [-0.3, -0.25) is 0 Å². The van der Waals surface area contributed by atoms with Crippen LogP contribution in [0.25, 0.3) is 0 Å². The molecule has 0 radical (unpaired) electrons. The average molecular weight is 327 g/mol. The van der Waals surface area contributed by atoms with Gasteiger partial charge in [0.15, 0.2) is 0 Å². The van der Waals surface area contributed by atoms with E-state index in [2.05, 4.69) is 0 Å². The zero-order chi connectivity index (χ0) is 15.4. The second kappa shape index (κ2) is 6.70. The zero-order valence-corrected chi connectivity index (χ0v) is 12.6. The molecule has 110 valence electrons. The number of methoxy groups -OCH3 is 1. The number of benzene rings is 2. The van der Waals surface area contributed by atoms with Crippen LogP contribution in [0.3, 0.4) is 0 Å². The summed E-state index contributed by atoms with van der Waals surface area (Å²) in [6.07, 6.45) is 0. The van der Waals surface area contributed by atoms with Crippen LogP contribution in [0.5, 0.6) is 11.5 Å². The molecule has 6 heteroatoms. The minimum absolute atomic E-state index is 0.0841. The molecule has 1 N–H and O–H groups in total. The lowest BCUT2D eigenvalue weighted by Gasteiger charge is -2.10. The summed E-state index contributed by atoms with van der Waals surface area (Å²) in [5, 5.41) is 10.0. The highest BCUT2D eigenvalue weighted by atomic mass is 35.5. The summed E-state index contributed by atoms with van der Waals surface area (Å²) >= 11 is 11.8. The quantitative estimate of drug-likeness (QED) is 0.890. The van der Waals surface area contributed by atoms with Crippen molar-refractivity contribution < 1.29 is 19.4 Å². The SMILES string of the molecule is COc1ccc(COc2ccc(Cl)cc2Cl)cc1C(=O)O. The average Bonchev–Trinajstić information content (AvgIpc) is 2.46. The Hall–Kier alpha value is -1.91. The third-order valence-corrected chi connectivity index (χ3v) is 3.31. The number of aromatic carboxylic acids is 1. The molecule has 0 aliphatic carbocycles. The molecule has 0 aliphatic rings. The first-order chi connectivity index (χ1) is 10.0. The monoisotopic (exact) mass is 326 g/mol. The van der Waals surface area contributed by atoms with Crippen LogP contribution in [0.2, 0.25) is 10.0 Å². The van der Waals surface area contributed by atoms with Gasteiger partial charge in [-0.15, -0.1) is 0 Å². The molecular weight excluding hydrogens is 315 g/mol. The lowest BCUT2D eigenvalue weighted by molar-refractivity contribution is 0.0693. The van der Waals surface area contributed by atoms with E-state index < -0.39 is 5.97 Å². The molecule has 2 rings (SSSR count). The molecule has 2 aromatic rings. The van der Waals surface area contributed by atoms with E-state index >= 15 is 0 Å². The maximum Gasteiger partial charge on any atom is 0.339 e. The zero-order valence-electron chi connectivity index (χ0n) is 11.1. The van der Waals surface area contributed by atoms with Crippen molar-refractivity contribution in [1.82, 2.24) is 0 Å². The summed E-state index contributed by atoms with van der Waals surface area (Å²) in [6, 6.07) is 9.73. The van der Waals surface area contributed by atoms with Gasteiger partial charge in [0.2, 0.25) is 0 Å². The van der Waals surface area contributed by atoms with E-state index in [9.17, 15) is 4.79 Å². The van der Waals surface area contributed by atoms with Crippen LogP contribution in [0.4, 0.5) is 0 Å². The largest absolute Gasteiger partial charge is 0.496 e. The van der Waals surface area contributed by atoms with Gasteiger partial charge in [-0.25, -0.2) is 4.79 Å². The second-order valence-corrected chi connectivity index (χ2v) is 5.05. The number of carboxylic acids is 1. The van der Waals surface area contributed by atoms with Crippen LogP contribution in [-0.2, 0) is 6.61 Å².